The average molecular weight is 276 g/mol. The maximum atomic E-state index is 5.68. The van der Waals surface area contributed by atoms with E-state index in [1.165, 1.54) is 5.56 Å². The topological polar surface area (TPSA) is 34.2 Å². The van der Waals surface area contributed by atoms with Crippen molar-refractivity contribution in [1.82, 2.24) is 10.3 Å². The highest BCUT2D eigenvalue weighted by atomic mass is 32.1. The number of benzene rings is 1. The minimum Gasteiger partial charge on any atom is -0.375 e. The first-order valence-electron chi connectivity index (χ1n) is 6.40. The van der Waals surface area contributed by atoms with Crippen LogP contribution >= 0.6 is 11.3 Å². The van der Waals surface area contributed by atoms with Gasteiger partial charge in [-0.15, -0.1) is 11.3 Å². The molecule has 2 aromatic rings. The zero-order valence-electron chi connectivity index (χ0n) is 11.6. The van der Waals surface area contributed by atoms with E-state index in [0.29, 0.717) is 0 Å². The van der Waals surface area contributed by atoms with E-state index in [1.807, 2.05) is 32.2 Å². The number of ether oxygens (including phenoxy) is 1. The Morgan fingerprint density at radius 3 is 2.58 bits per heavy atom. The van der Waals surface area contributed by atoms with Crippen LogP contribution in [0.25, 0.3) is 0 Å². The Bertz CT molecular complexity index is 498. The molecule has 2 rings (SSSR count). The summed E-state index contributed by atoms with van der Waals surface area (Å²) in [7, 11) is 3.73. The lowest BCUT2D eigenvalue weighted by Gasteiger charge is -2.25. The monoisotopic (exact) mass is 276 g/mol. The van der Waals surface area contributed by atoms with Gasteiger partial charge in [-0.25, -0.2) is 4.98 Å². The summed E-state index contributed by atoms with van der Waals surface area (Å²) >= 11 is 1.69. The summed E-state index contributed by atoms with van der Waals surface area (Å²) in [6, 6.07) is 10.5. The highest BCUT2D eigenvalue weighted by Crippen LogP contribution is 2.23. The molecule has 102 valence electrons. The fourth-order valence-corrected chi connectivity index (χ4v) is 2.89. The van der Waals surface area contributed by atoms with Gasteiger partial charge in [0.15, 0.2) is 0 Å². The number of nitrogens with one attached hydrogen (secondary N) is 1. The smallest absolute Gasteiger partial charge is 0.0977 e. The molecule has 2 unspecified atom stereocenters. The van der Waals surface area contributed by atoms with Crippen LogP contribution in [-0.4, -0.2) is 25.2 Å². The average Bonchev–Trinajstić information content (AvgIpc) is 2.85. The number of methoxy groups -OCH3 is 1. The van der Waals surface area contributed by atoms with E-state index in [4.69, 9.17) is 4.74 Å². The lowest BCUT2D eigenvalue weighted by atomic mass is 9.98. The van der Waals surface area contributed by atoms with Crippen molar-refractivity contribution in [1.29, 1.82) is 0 Å². The molecule has 0 aliphatic heterocycles. The van der Waals surface area contributed by atoms with Crippen molar-refractivity contribution in [3.63, 3.8) is 0 Å². The highest BCUT2D eigenvalue weighted by molar-refractivity contribution is 7.09. The largest absolute Gasteiger partial charge is 0.375 e. The van der Waals surface area contributed by atoms with E-state index in [0.717, 1.165) is 17.1 Å². The number of rotatable bonds is 6. The van der Waals surface area contributed by atoms with Crippen molar-refractivity contribution in [3.8, 4) is 0 Å². The van der Waals surface area contributed by atoms with Crippen LogP contribution in [0.15, 0.2) is 35.7 Å². The summed E-state index contributed by atoms with van der Waals surface area (Å²) in [5, 5.41) is 6.58. The van der Waals surface area contributed by atoms with Gasteiger partial charge >= 0.3 is 0 Å². The first-order valence-corrected chi connectivity index (χ1v) is 7.28. The fourth-order valence-electron chi connectivity index (χ4n) is 2.26. The minimum absolute atomic E-state index is 0.0354. The summed E-state index contributed by atoms with van der Waals surface area (Å²) in [6.45, 7) is 2.04. The van der Waals surface area contributed by atoms with Crippen LogP contribution in [0.3, 0.4) is 0 Å². The van der Waals surface area contributed by atoms with Gasteiger partial charge in [0.25, 0.3) is 0 Å². The van der Waals surface area contributed by atoms with Crippen molar-refractivity contribution in [2.75, 3.05) is 14.2 Å². The molecule has 0 fully saturated rings. The van der Waals surface area contributed by atoms with E-state index < -0.39 is 0 Å². The number of hydrogen-bond donors (Lipinski definition) is 1. The number of hydrogen-bond acceptors (Lipinski definition) is 4. The van der Waals surface area contributed by atoms with Crippen molar-refractivity contribution >= 4 is 11.3 Å². The Morgan fingerprint density at radius 2 is 2.05 bits per heavy atom. The second-order valence-corrected chi connectivity index (χ2v) is 5.59. The van der Waals surface area contributed by atoms with Crippen LogP contribution < -0.4 is 5.32 Å². The Kier molecular flexibility index (Phi) is 5.07. The van der Waals surface area contributed by atoms with Crippen LogP contribution in [0, 0.1) is 6.92 Å². The second-order valence-electron chi connectivity index (χ2n) is 4.52. The molecule has 1 aromatic heterocycles. The molecule has 0 radical (unpaired) electrons. The van der Waals surface area contributed by atoms with Gasteiger partial charge in [-0.1, -0.05) is 30.3 Å². The van der Waals surface area contributed by atoms with E-state index >= 15 is 0 Å². The summed E-state index contributed by atoms with van der Waals surface area (Å²) < 4.78 is 5.68. The first kappa shape index (κ1) is 14.2. The van der Waals surface area contributed by atoms with Crippen LogP contribution in [0.1, 0.15) is 22.4 Å². The van der Waals surface area contributed by atoms with Crippen LogP contribution in [0.5, 0.6) is 0 Å². The number of aromatic nitrogens is 1. The molecule has 19 heavy (non-hydrogen) atoms. The molecule has 2 atom stereocenters. The Balaban J connectivity index is 2.15. The van der Waals surface area contributed by atoms with Crippen LogP contribution in [0.4, 0.5) is 0 Å². The predicted molar refractivity (Wildman–Crippen MR) is 79.6 cm³/mol. The van der Waals surface area contributed by atoms with Gasteiger partial charge in [0.2, 0.25) is 0 Å². The molecular weight excluding hydrogens is 256 g/mol. The molecule has 0 amide bonds. The van der Waals surface area contributed by atoms with Gasteiger partial charge in [-0.3, -0.25) is 0 Å². The van der Waals surface area contributed by atoms with Crippen molar-refractivity contribution in [2.45, 2.75) is 25.5 Å². The molecule has 0 aliphatic rings. The summed E-state index contributed by atoms with van der Waals surface area (Å²) in [6.07, 6.45) is 0.905. The molecule has 3 nitrogen and oxygen atoms in total. The third-order valence-corrected chi connectivity index (χ3v) is 4.04. The number of nitrogens with zero attached hydrogens (tertiary/aromatic N) is 1. The van der Waals surface area contributed by atoms with Gasteiger partial charge < -0.3 is 10.1 Å². The Labute approximate surface area is 118 Å². The fraction of sp³-hybridized carbons (Fsp3) is 0.400. The normalized spacial score (nSPS) is 14.3. The lowest BCUT2D eigenvalue weighted by Crippen LogP contribution is -2.35. The molecule has 0 spiro atoms. The standard InChI is InChI=1S/C15H20N2OS/c1-11-17-13(10-19-11)9-14(16-2)15(18-3)12-7-5-4-6-8-12/h4-8,10,14-16H,9H2,1-3H3. The molecule has 0 aliphatic carbocycles. The third kappa shape index (κ3) is 3.62. The minimum atomic E-state index is 0.0354. The number of aryl methyl sites for hydroxylation is 1. The quantitative estimate of drug-likeness (QED) is 0.881. The summed E-state index contributed by atoms with van der Waals surface area (Å²) in [4.78, 5) is 4.53. The van der Waals surface area contributed by atoms with Gasteiger partial charge in [-0.05, 0) is 19.5 Å². The second kappa shape index (κ2) is 6.80. The molecule has 1 heterocycles. The van der Waals surface area contributed by atoms with Crippen LogP contribution in [0.2, 0.25) is 0 Å². The Morgan fingerprint density at radius 1 is 1.32 bits per heavy atom. The van der Waals surface area contributed by atoms with Gasteiger partial charge in [0.05, 0.1) is 16.8 Å². The van der Waals surface area contributed by atoms with Gasteiger partial charge in [-0.2, -0.15) is 0 Å². The van der Waals surface area contributed by atoms with E-state index in [-0.39, 0.29) is 12.1 Å². The molecule has 1 aromatic carbocycles. The van der Waals surface area contributed by atoms with Crippen LogP contribution in [-0.2, 0) is 11.2 Å². The first-order chi connectivity index (χ1) is 9.24. The summed E-state index contributed by atoms with van der Waals surface area (Å²) in [5.74, 6) is 0. The van der Waals surface area contributed by atoms with E-state index in [2.05, 4.69) is 27.8 Å². The van der Waals surface area contributed by atoms with Gasteiger partial charge in [0, 0.05) is 25.0 Å². The third-order valence-electron chi connectivity index (χ3n) is 3.21. The highest BCUT2D eigenvalue weighted by Gasteiger charge is 2.22. The summed E-state index contributed by atoms with van der Waals surface area (Å²) in [5.41, 5.74) is 2.32. The van der Waals surface area contributed by atoms with Crippen molar-refractivity contribution in [2.24, 2.45) is 0 Å². The Hall–Kier alpha value is -1.23. The maximum absolute atomic E-state index is 5.68. The van der Waals surface area contributed by atoms with E-state index in [9.17, 15) is 0 Å². The lowest BCUT2D eigenvalue weighted by molar-refractivity contribution is 0.0701. The predicted octanol–water partition coefficient (Wildman–Crippen LogP) is 2.97. The zero-order chi connectivity index (χ0) is 13.7. The molecule has 4 heteroatoms. The molecule has 1 N–H and O–H groups in total. The zero-order valence-corrected chi connectivity index (χ0v) is 12.4. The molecular formula is C15H20N2OS. The maximum Gasteiger partial charge on any atom is 0.0977 e. The van der Waals surface area contributed by atoms with Gasteiger partial charge in [0.1, 0.15) is 0 Å². The number of likely N-dealkylation sites (N-methyl/N-ethyl adjacent to an activating group) is 1. The molecule has 0 bridgehead atoms. The van der Waals surface area contributed by atoms with E-state index in [1.54, 1.807) is 18.4 Å². The molecule has 0 saturated carbocycles. The van der Waals surface area contributed by atoms with Crippen molar-refractivity contribution < 1.29 is 4.74 Å². The van der Waals surface area contributed by atoms with Crippen molar-refractivity contribution in [3.05, 3.63) is 52.0 Å². The SMILES string of the molecule is CNC(Cc1csc(C)n1)C(OC)c1ccccc1. The number of thiazole rings is 1. The molecule has 0 saturated heterocycles.